The molecule has 0 saturated heterocycles. The minimum absolute atomic E-state index is 0.00963. The predicted molar refractivity (Wildman–Crippen MR) is 85.8 cm³/mol. The molecule has 0 unspecified atom stereocenters. The third-order valence-corrected chi connectivity index (χ3v) is 4.40. The normalized spacial score (nSPS) is 15.0. The summed E-state index contributed by atoms with van der Waals surface area (Å²) < 4.78 is 3.88. The summed E-state index contributed by atoms with van der Waals surface area (Å²) in [5.41, 5.74) is 3.04. The molecule has 5 heteroatoms. The Balaban J connectivity index is 1.82. The molecule has 2 N–H and O–H groups in total. The van der Waals surface area contributed by atoms with E-state index in [0.29, 0.717) is 6.54 Å². The molecule has 0 saturated carbocycles. The SMILES string of the molecule is Cc1c(O)c(O)n(CCCn2ccnc2)c1C1=CCCCC1. The lowest BCUT2D eigenvalue weighted by atomic mass is 9.95. The maximum absolute atomic E-state index is 10.3. The molecule has 2 aromatic rings. The van der Waals surface area contributed by atoms with Gasteiger partial charge >= 0.3 is 0 Å². The van der Waals surface area contributed by atoms with Crippen LogP contribution in [-0.2, 0) is 13.1 Å². The highest BCUT2D eigenvalue weighted by atomic mass is 16.3. The molecule has 5 nitrogen and oxygen atoms in total. The monoisotopic (exact) mass is 301 g/mol. The van der Waals surface area contributed by atoms with Gasteiger partial charge in [-0.1, -0.05) is 6.08 Å². The van der Waals surface area contributed by atoms with Crippen LogP contribution >= 0.6 is 0 Å². The van der Waals surface area contributed by atoms with Crippen molar-refractivity contribution in [2.75, 3.05) is 0 Å². The third kappa shape index (κ3) is 2.75. The van der Waals surface area contributed by atoms with Crippen LogP contribution in [0.5, 0.6) is 11.6 Å². The van der Waals surface area contributed by atoms with Gasteiger partial charge in [-0.15, -0.1) is 0 Å². The van der Waals surface area contributed by atoms with Gasteiger partial charge in [0.25, 0.3) is 0 Å². The van der Waals surface area contributed by atoms with E-state index in [1.807, 2.05) is 22.3 Å². The van der Waals surface area contributed by atoms with Crippen LogP contribution in [0.25, 0.3) is 5.57 Å². The highest BCUT2D eigenvalue weighted by Crippen LogP contribution is 2.40. The Bertz CT molecular complexity index is 669. The summed E-state index contributed by atoms with van der Waals surface area (Å²) in [7, 11) is 0. The molecule has 2 heterocycles. The van der Waals surface area contributed by atoms with Gasteiger partial charge in [-0.05, 0) is 44.6 Å². The Labute approximate surface area is 130 Å². The van der Waals surface area contributed by atoms with Crippen molar-refractivity contribution in [2.45, 2.75) is 52.1 Å². The third-order valence-electron chi connectivity index (χ3n) is 4.40. The number of aromatic hydroxyl groups is 2. The smallest absolute Gasteiger partial charge is 0.235 e. The summed E-state index contributed by atoms with van der Waals surface area (Å²) >= 11 is 0. The molecular formula is C17H23N3O2. The van der Waals surface area contributed by atoms with Crippen LogP contribution in [-0.4, -0.2) is 24.3 Å². The quantitative estimate of drug-likeness (QED) is 0.889. The molecule has 0 fully saturated rings. The summed E-state index contributed by atoms with van der Waals surface area (Å²) in [5, 5.41) is 20.4. The molecule has 0 radical (unpaired) electrons. The summed E-state index contributed by atoms with van der Waals surface area (Å²) in [5.74, 6) is 0.00806. The van der Waals surface area contributed by atoms with Crippen molar-refractivity contribution in [2.24, 2.45) is 0 Å². The molecule has 0 aliphatic heterocycles. The maximum atomic E-state index is 10.3. The second kappa shape index (κ2) is 6.30. The lowest BCUT2D eigenvalue weighted by Crippen LogP contribution is -2.07. The Morgan fingerprint density at radius 3 is 2.77 bits per heavy atom. The number of aromatic nitrogens is 3. The van der Waals surface area contributed by atoms with E-state index in [2.05, 4.69) is 11.1 Å². The molecule has 118 valence electrons. The van der Waals surface area contributed by atoms with Gasteiger partial charge in [-0.2, -0.15) is 0 Å². The van der Waals surface area contributed by atoms with Crippen molar-refractivity contribution in [1.29, 1.82) is 0 Å². The van der Waals surface area contributed by atoms with E-state index < -0.39 is 0 Å². The Hall–Kier alpha value is -2.17. The van der Waals surface area contributed by atoms with E-state index in [9.17, 15) is 10.2 Å². The standard InChI is InChI=1S/C17H23N3O2/c1-13-15(14-6-3-2-4-7-14)20(17(22)16(13)21)10-5-9-19-11-8-18-12-19/h6,8,11-12,21-22H,2-5,7,9-10H2,1H3. The first-order valence-electron chi connectivity index (χ1n) is 7.94. The lowest BCUT2D eigenvalue weighted by Gasteiger charge is -2.17. The first-order valence-corrected chi connectivity index (χ1v) is 7.94. The second-order valence-electron chi connectivity index (χ2n) is 5.93. The molecule has 1 aliphatic carbocycles. The number of aryl methyl sites for hydroxylation is 1. The van der Waals surface area contributed by atoms with Crippen LogP contribution in [0.15, 0.2) is 24.8 Å². The molecule has 2 aromatic heterocycles. The minimum Gasteiger partial charge on any atom is -0.503 e. The van der Waals surface area contributed by atoms with Crippen molar-refractivity contribution < 1.29 is 10.2 Å². The van der Waals surface area contributed by atoms with E-state index in [1.54, 1.807) is 12.5 Å². The van der Waals surface area contributed by atoms with Gasteiger partial charge < -0.3 is 19.3 Å². The topological polar surface area (TPSA) is 63.2 Å². The number of hydrogen-bond donors (Lipinski definition) is 2. The average Bonchev–Trinajstić information content (AvgIpc) is 3.12. The highest BCUT2D eigenvalue weighted by Gasteiger charge is 2.22. The molecule has 3 rings (SSSR count). The molecule has 22 heavy (non-hydrogen) atoms. The summed E-state index contributed by atoms with van der Waals surface area (Å²) in [4.78, 5) is 4.03. The molecular weight excluding hydrogens is 278 g/mol. The van der Waals surface area contributed by atoms with Gasteiger partial charge in [0, 0.05) is 31.0 Å². The number of nitrogens with zero attached hydrogens (tertiary/aromatic N) is 3. The van der Waals surface area contributed by atoms with E-state index >= 15 is 0 Å². The summed E-state index contributed by atoms with van der Waals surface area (Å²) in [6.07, 6.45) is 13.1. The van der Waals surface area contributed by atoms with Crippen LogP contribution in [0.2, 0.25) is 0 Å². The molecule has 0 atom stereocenters. The predicted octanol–water partition coefficient (Wildman–Crippen LogP) is 3.45. The fourth-order valence-corrected chi connectivity index (χ4v) is 3.23. The van der Waals surface area contributed by atoms with E-state index in [1.165, 1.54) is 18.4 Å². The van der Waals surface area contributed by atoms with Gasteiger partial charge in [-0.25, -0.2) is 4.98 Å². The molecule has 0 aromatic carbocycles. The lowest BCUT2D eigenvalue weighted by molar-refractivity contribution is 0.366. The number of rotatable bonds is 5. The molecule has 1 aliphatic rings. The van der Waals surface area contributed by atoms with Gasteiger partial charge in [-0.3, -0.25) is 0 Å². The van der Waals surface area contributed by atoms with Crippen molar-refractivity contribution in [3.63, 3.8) is 0 Å². The first-order chi connectivity index (χ1) is 10.7. The molecule has 0 amide bonds. The summed E-state index contributed by atoms with van der Waals surface area (Å²) in [6.45, 7) is 3.40. The molecule has 0 bridgehead atoms. The Kier molecular flexibility index (Phi) is 4.22. The Morgan fingerprint density at radius 2 is 2.09 bits per heavy atom. The van der Waals surface area contributed by atoms with Crippen molar-refractivity contribution in [1.82, 2.24) is 14.1 Å². The number of imidazole rings is 1. The van der Waals surface area contributed by atoms with Crippen molar-refractivity contribution in [3.8, 4) is 11.6 Å². The largest absolute Gasteiger partial charge is 0.503 e. The fraction of sp³-hybridized carbons (Fsp3) is 0.471. The fourth-order valence-electron chi connectivity index (χ4n) is 3.23. The Morgan fingerprint density at radius 1 is 1.23 bits per heavy atom. The zero-order chi connectivity index (χ0) is 15.5. The molecule has 0 spiro atoms. The van der Waals surface area contributed by atoms with Crippen LogP contribution in [0.1, 0.15) is 43.4 Å². The highest BCUT2D eigenvalue weighted by molar-refractivity contribution is 5.71. The van der Waals surface area contributed by atoms with E-state index in [4.69, 9.17) is 0 Å². The summed E-state index contributed by atoms with van der Waals surface area (Å²) in [6, 6.07) is 0. The number of hydrogen-bond acceptors (Lipinski definition) is 3. The van der Waals surface area contributed by atoms with E-state index in [0.717, 1.165) is 37.1 Å². The maximum Gasteiger partial charge on any atom is 0.235 e. The van der Waals surface area contributed by atoms with E-state index in [-0.39, 0.29) is 11.6 Å². The number of allylic oxidation sites excluding steroid dienone is 2. The van der Waals surface area contributed by atoms with Gasteiger partial charge in [0.2, 0.25) is 5.88 Å². The average molecular weight is 301 g/mol. The van der Waals surface area contributed by atoms with Gasteiger partial charge in [0.05, 0.1) is 12.0 Å². The van der Waals surface area contributed by atoms with Gasteiger partial charge in [0.15, 0.2) is 5.75 Å². The zero-order valence-electron chi connectivity index (χ0n) is 13.0. The van der Waals surface area contributed by atoms with Crippen LogP contribution in [0.3, 0.4) is 0 Å². The minimum atomic E-state index is -0.00963. The zero-order valence-corrected chi connectivity index (χ0v) is 13.0. The van der Waals surface area contributed by atoms with Crippen molar-refractivity contribution in [3.05, 3.63) is 36.1 Å². The van der Waals surface area contributed by atoms with Crippen LogP contribution in [0.4, 0.5) is 0 Å². The second-order valence-corrected chi connectivity index (χ2v) is 5.93. The van der Waals surface area contributed by atoms with Crippen LogP contribution in [0, 0.1) is 6.92 Å². The first kappa shape index (κ1) is 14.8. The van der Waals surface area contributed by atoms with Crippen LogP contribution < -0.4 is 0 Å². The van der Waals surface area contributed by atoms with Gasteiger partial charge in [0.1, 0.15) is 0 Å². The van der Waals surface area contributed by atoms with Crippen molar-refractivity contribution >= 4 is 5.57 Å².